The fourth-order valence-electron chi connectivity index (χ4n) is 3.12. The van der Waals surface area contributed by atoms with E-state index in [2.05, 4.69) is 5.32 Å². The van der Waals surface area contributed by atoms with E-state index in [9.17, 15) is 9.59 Å². The molecule has 150 valence electrons. The van der Waals surface area contributed by atoms with Gasteiger partial charge < -0.3 is 14.5 Å². The number of furan rings is 1. The minimum Gasteiger partial charge on any atom is -0.484 e. The van der Waals surface area contributed by atoms with E-state index in [-0.39, 0.29) is 24.1 Å². The lowest BCUT2D eigenvalue weighted by molar-refractivity contribution is -0.118. The maximum absolute atomic E-state index is 13.1. The Kier molecular flexibility index (Phi) is 5.35. The van der Waals surface area contributed by atoms with Crippen LogP contribution in [0.3, 0.4) is 0 Å². The summed E-state index contributed by atoms with van der Waals surface area (Å²) in [6.45, 7) is 3.75. The summed E-state index contributed by atoms with van der Waals surface area (Å²) in [4.78, 5) is 25.6. The normalized spacial score (nSPS) is 10.7. The maximum Gasteiger partial charge on any atom is 0.262 e. The number of fused-ring (bicyclic) bond motifs is 1. The van der Waals surface area contributed by atoms with Crippen molar-refractivity contribution in [2.75, 3.05) is 11.9 Å². The van der Waals surface area contributed by atoms with Crippen LogP contribution >= 0.6 is 0 Å². The molecule has 4 rings (SSSR count). The Morgan fingerprint density at radius 1 is 0.867 bits per heavy atom. The summed E-state index contributed by atoms with van der Waals surface area (Å²) < 4.78 is 11.4. The van der Waals surface area contributed by atoms with E-state index in [1.54, 1.807) is 24.3 Å². The smallest absolute Gasteiger partial charge is 0.262 e. The second-order valence-corrected chi connectivity index (χ2v) is 7.15. The van der Waals surface area contributed by atoms with Gasteiger partial charge >= 0.3 is 0 Å². The van der Waals surface area contributed by atoms with Gasteiger partial charge in [0.05, 0.1) is 5.69 Å². The van der Waals surface area contributed by atoms with Gasteiger partial charge in [0, 0.05) is 10.9 Å². The Bertz CT molecular complexity index is 1200. The van der Waals surface area contributed by atoms with Crippen molar-refractivity contribution >= 4 is 28.3 Å². The summed E-state index contributed by atoms with van der Waals surface area (Å²) in [7, 11) is 0. The lowest BCUT2D eigenvalue weighted by Gasteiger charge is -2.08. The zero-order chi connectivity index (χ0) is 21.1. The molecule has 5 heteroatoms. The summed E-state index contributed by atoms with van der Waals surface area (Å²) in [6, 6.07) is 21.9. The van der Waals surface area contributed by atoms with Crippen molar-refractivity contribution in [3.05, 3.63) is 95.2 Å². The molecule has 0 fully saturated rings. The fraction of sp³-hybridized carbons (Fsp3) is 0.120. The van der Waals surface area contributed by atoms with Gasteiger partial charge in [-0.2, -0.15) is 0 Å². The van der Waals surface area contributed by atoms with Gasteiger partial charge in [-0.15, -0.1) is 0 Å². The molecule has 0 aliphatic heterocycles. The van der Waals surface area contributed by atoms with Gasteiger partial charge in [-0.25, -0.2) is 0 Å². The Labute approximate surface area is 174 Å². The number of para-hydroxylation sites is 1. The number of hydrogen-bond donors (Lipinski definition) is 1. The summed E-state index contributed by atoms with van der Waals surface area (Å²) in [5.74, 6) is 0.0357. The SMILES string of the molecule is Cc1ccc(OCC(=O)Nc2c(C(=O)c3ccc(C)cc3)oc3ccccc23)cc1. The predicted octanol–water partition coefficient (Wildman–Crippen LogP) is 5.30. The van der Waals surface area contributed by atoms with Gasteiger partial charge in [0.1, 0.15) is 11.3 Å². The number of ketones is 1. The summed E-state index contributed by atoms with van der Waals surface area (Å²) in [6.07, 6.45) is 0. The second kappa shape index (κ2) is 8.25. The molecule has 0 atom stereocenters. The predicted molar refractivity (Wildman–Crippen MR) is 116 cm³/mol. The van der Waals surface area contributed by atoms with E-state index < -0.39 is 0 Å². The van der Waals surface area contributed by atoms with Crippen LogP contribution in [-0.4, -0.2) is 18.3 Å². The molecule has 30 heavy (non-hydrogen) atoms. The number of ether oxygens (including phenoxy) is 1. The number of rotatable bonds is 6. The first-order valence-corrected chi connectivity index (χ1v) is 9.63. The van der Waals surface area contributed by atoms with Crippen molar-refractivity contribution in [2.24, 2.45) is 0 Å². The van der Waals surface area contributed by atoms with Crippen molar-refractivity contribution in [1.82, 2.24) is 0 Å². The molecule has 0 bridgehead atoms. The molecule has 0 radical (unpaired) electrons. The van der Waals surface area contributed by atoms with Crippen molar-refractivity contribution < 1.29 is 18.7 Å². The number of amides is 1. The molecule has 1 amide bonds. The quantitative estimate of drug-likeness (QED) is 0.447. The van der Waals surface area contributed by atoms with E-state index in [1.807, 2.05) is 62.4 Å². The molecule has 0 saturated heterocycles. The molecule has 0 aliphatic rings. The summed E-state index contributed by atoms with van der Waals surface area (Å²) >= 11 is 0. The number of anilines is 1. The monoisotopic (exact) mass is 399 g/mol. The molecule has 4 aromatic rings. The van der Waals surface area contributed by atoms with Crippen LogP contribution in [-0.2, 0) is 4.79 Å². The highest BCUT2D eigenvalue weighted by atomic mass is 16.5. The number of carbonyl (C=O) groups excluding carboxylic acids is 2. The fourth-order valence-corrected chi connectivity index (χ4v) is 3.12. The average Bonchev–Trinajstić information content (AvgIpc) is 3.12. The Hall–Kier alpha value is -3.86. The summed E-state index contributed by atoms with van der Waals surface area (Å²) in [5.41, 5.74) is 3.54. The first kappa shape index (κ1) is 19.5. The number of aryl methyl sites for hydroxylation is 2. The zero-order valence-corrected chi connectivity index (χ0v) is 16.8. The Balaban J connectivity index is 1.59. The van der Waals surface area contributed by atoms with E-state index in [0.717, 1.165) is 11.1 Å². The molecule has 1 aromatic heterocycles. The van der Waals surface area contributed by atoms with Gasteiger partial charge in [0.25, 0.3) is 5.91 Å². The standard InChI is InChI=1S/C25H21NO4/c1-16-7-11-18(12-8-16)24(28)25-23(20-5-3-4-6-21(20)30-25)26-22(27)15-29-19-13-9-17(2)10-14-19/h3-14H,15H2,1-2H3,(H,26,27). The molecular formula is C25H21NO4. The van der Waals surface area contributed by atoms with E-state index in [0.29, 0.717) is 28.0 Å². The van der Waals surface area contributed by atoms with Crippen molar-refractivity contribution in [3.63, 3.8) is 0 Å². The molecule has 1 N–H and O–H groups in total. The summed E-state index contributed by atoms with van der Waals surface area (Å²) in [5, 5.41) is 3.46. The first-order valence-electron chi connectivity index (χ1n) is 9.63. The lowest BCUT2D eigenvalue weighted by atomic mass is 10.1. The topological polar surface area (TPSA) is 68.5 Å². The number of carbonyl (C=O) groups is 2. The third kappa shape index (κ3) is 4.10. The minimum absolute atomic E-state index is 0.101. The van der Waals surface area contributed by atoms with Crippen LogP contribution in [0.15, 0.2) is 77.2 Å². The van der Waals surface area contributed by atoms with Gasteiger partial charge in [0.2, 0.25) is 5.78 Å². The minimum atomic E-state index is -0.375. The molecule has 3 aromatic carbocycles. The van der Waals surface area contributed by atoms with E-state index in [1.165, 1.54) is 0 Å². The molecule has 0 unspecified atom stereocenters. The highest BCUT2D eigenvalue weighted by Crippen LogP contribution is 2.32. The van der Waals surface area contributed by atoms with Crippen molar-refractivity contribution in [2.45, 2.75) is 13.8 Å². The highest BCUT2D eigenvalue weighted by molar-refractivity contribution is 6.17. The first-order chi connectivity index (χ1) is 14.5. The number of nitrogens with one attached hydrogen (secondary N) is 1. The largest absolute Gasteiger partial charge is 0.484 e. The van der Waals surface area contributed by atoms with Crippen molar-refractivity contribution in [3.8, 4) is 5.75 Å². The van der Waals surface area contributed by atoms with E-state index in [4.69, 9.17) is 9.15 Å². The molecule has 0 saturated carbocycles. The van der Waals surface area contributed by atoms with Crippen LogP contribution in [0.25, 0.3) is 11.0 Å². The van der Waals surface area contributed by atoms with Gasteiger partial charge in [-0.05, 0) is 38.1 Å². The van der Waals surface area contributed by atoms with Crippen LogP contribution < -0.4 is 10.1 Å². The Morgan fingerprint density at radius 3 is 2.20 bits per heavy atom. The Morgan fingerprint density at radius 2 is 1.50 bits per heavy atom. The zero-order valence-electron chi connectivity index (χ0n) is 16.8. The van der Waals surface area contributed by atoms with Gasteiger partial charge in [-0.1, -0.05) is 59.7 Å². The second-order valence-electron chi connectivity index (χ2n) is 7.15. The average molecular weight is 399 g/mol. The van der Waals surface area contributed by atoms with Crippen LogP contribution in [0.4, 0.5) is 5.69 Å². The van der Waals surface area contributed by atoms with Crippen LogP contribution in [0, 0.1) is 13.8 Å². The van der Waals surface area contributed by atoms with Crippen LogP contribution in [0.1, 0.15) is 27.2 Å². The number of hydrogen-bond acceptors (Lipinski definition) is 4. The molecular weight excluding hydrogens is 378 g/mol. The van der Waals surface area contributed by atoms with Crippen molar-refractivity contribution in [1.29, 1.82) is 0 Å². The van der Waals surface area contributed by atoms with E-state index >= 15 is 0 Å². The third-order valence-corrected chi connectivity index (χ3v) is 4.77. The van der Waals surface area contributed by atoms with Gasteiger partial charge in [-0.3, -0.25) is 9.59 Å². The highest BCUT2D eigenvalue weighted by Gasteiger charge is 2.23. The molecule has 0 spiro atoms. The van der Waals surface area contributed by atoms with Crippen LogP contribution in [0.5, 0.6) is 5.75 Å². The molecule has 5 nitrogen and oxygen atoms in total. The maximum atomic E-state index is 13.1. The third-order valence-electron chi connectivity index (χ3n) is 4.77. The van der Waals surface area contributed by atoms with Crippen LogP contribution in [0.2, 0.25) is 0 Å². The molecule has 1 heterocycles. The molecule has 0 aliphatic carbocycles. The van der Waals surface area contributed by atoms with Gasteiger partial charge in [0.15, 0.2) is 12.4 Å². The number of benzene rings is 3. The lowest BCUT2D eigenvalue weighted by Crippen LogP contribution is -2.21.